The van der Waals surface area contributed by atoms with Crippen LogP contribution in [0.4, 0.5) is 4.39 Å². The molecule has 2 rings (SSSR count). The van der Waals surface area contributed by atoms with E-state index in [-0.39, 0.29) is 11.5 Å². The van der Waals surface area contributed by atoms with Crippen LogP contribution in [0.1, 0.15) is 50.8 Å². The Labute approximate surface area is 109 Å². The van der Waals surface area contributed by atoms with Crippen LogP contribution in [-0.2, 0) is 6.42 Å². The Hall–Kier alpha value is -0.960. The molecule has 0 aromatic carbocycles. The molecule has 0 amide bonds. The zero-order valence-electron chi connectivity index (χ0n) is 11.5. The van der Waals surface area contributed by atoms with Crippen LogP contribution in [0.2, 0.25) is 0 Å². The van der Waals surface area contributed by atoms with E-state index in [1.807, 2.05) is 6.07 Å². The first-order chi connectivity index (χ1) is 8.47. The molecule has 18 heavy (non-hydrogen) atoms. The molecule has 100 valence electrons. The second-order valence-electron chi connectivity index (χ2n) is 6.19. The van der Waals surface area contributed by atoms with Crippen molar-refractivity contribution >= 4 is 0 Å². The van der Waals surface area contributed by atoms with Crippen LogP contribution < -0.4 is 5.32 Å². The van der Waals surface area contributed by atoms with Crippen molar-refractivity contribution in [3.63, 3.8) is 0 Å². The van der Waals surface area contributed by atoms with Gasteiger partial charge in [-0.15, -0.1) is 0 Å². The molecule has 0 bridgehead atoms. The lowest BCUT2D eigenvalue weighted by molar-refractivity contribution is 0.231. The van der Waals surface area contributed by atoms with Gasteiger partial charge in [0.05, 0.1) is 0 Å². The summed E-state index contributed by atoms with van der Waals surface area (Å²) in [5.74, 6) is -0.0372. The number of fused-ring (bicyclic) bond motifs is 1. The number of pyridine rings is 1. The first-order valence-electron chi connectivity index (χ1n) is 6.80. The largest absolute Gasteiger partial charge is 0.309 e. The normalized spacial score (nSPS) is 21.4. The van der Waals surface area contributed by atoms with Gasteiger partial charge in [-0.1, -0.05) is 6.07 Å². The molecular formula is C15H23FN2. The summed E-state index contributed by atoms with van der Waals surface area (Å²) in [6.45, 7) is 6.59. The zero-order chi connectivity index (χ0) is 13.2. The zero-order valence-corrected chi connectivity index (χ0v) is 11.5. The number of hydrogen-bond donors (Lipinski definition) is 1. The molecule has 3 heteroatoms. The Morgan fingerprint density at radius 3 is 3.00 bits per heavy atom. The molecule has 1 aromatic rings. The number of aromatic nitrogens is 1. The fourth-order valence-electron chi connectivity index (χ4n) is 2.54. The summed E-state index contributed by atoms with van der Waals surface area (Å²) in [7, 11) is 0. The summed E-state index contributed by atoms with van der Waals surface area (Å²) in [5, 5.41) is 3.25. The minimum Gasteiger partial charge on any atom is -0.309 e. The molecular weight excluding hydrogens is 227 g/mol. The van der Waals surface area contributed by atoms with E-state index < -0.39 is 6.17 Å². The summed E-state index contributed by atoms with van der Waals surface area (Å²) >= 11 is 0. The molecule has 1 heterocycles. The van der Waals surface area contributed by atoms with Crippen LogP contribution >= 0.6 is 0 Å². The van der Waals surface area contributed by atoms with Crippen LogP contribution in [-0.4, -0.2) is 23.2 Å². The van der Waals surface area contributed by atoms with Gasteiger partial charge in [0.25, 0.3) is 0 Å². The monoisotopic (exact) mass is 250 g/mol. The van der Waals surface area contributed by atoms with E-state index in [1.54, 1.807) is 6.20 Å². The number of rotatable bonds is 3. The van der Waals surface area contributed by atoms with Crippen molar-refractivity contribution in [3.8, 4) is 0 Å². The Kier molecular flexibility index (Phi) is 4.00. The lowest BCUT2D eigenvalue weighted by Crippen LogP contribution is -2.41. The van der Waals surface area contributed by atoms with Crippen molar-refractivity contribution < 1.29 is 4.39 Å². The summed E-state index contributed by atoms with van der Waals surface area (Å²) in [6, 6.07) is 4.03. The number of hydrogen-bond acceptors (Lipinski definition) is 2. The molecule has 2 unspecified atom stereocenters. The lowest BCUT2D eigenvalue weighted by Gasteiger charge is -2.29. The SMILES string of the molecule is CC(C)(C)NCC(F)C1CCCc2cccnc21. The minimum absolute atomic E-state index is 0.0358. The van der Waals surface area contributed by atoms with Crippen LogP contribution in [0, 0.1) is 0 Å². The molecule has 0 radical (unpaired) electrons. The third kappa shape index (κ3) is 3.29. The highest BCUT2D eigenvalue weighted by molar-refractivity contribution is 5.27. The van der Waals surface area contributed by atoms with Crippen LogP contribution in [0.15, 0.2) is 18.3 Å². The van der Waals surface area contributed by atoms with Gasteiger partial charge in [0.2, 0.25) is 0 Å². The van der Waals surface area contributed by atoms with E-state index in [0.29, 0.717) is 6.54 Å². The molecule has 1 aromatic heterocycles. The van der Waals surface area contributed by atoms with Crippen molar-refractivity contribution in [2.75, 3.05) is 6.54 Å². The van der Waals surface area contributed by atoms with Gasteiger partial charge < -0.3 is 5.32 Å². The van der Waals surface area contributed by atoms with Crippen molar-refractivity contribution in [2.45, 2.75) is 57.7 Å². The Morgan fingerprint density at radius 1 is 1.50 bits per heavy atom. The molecule has 1 aliphatic carbocycles. The average Bonchev–Trinajstić information content (AvgIpc) is 2.34. The Balaban J connectivity index is 2.06. The first kappa shape index (κ1) is 13.5. The van der Waals surface area contributed by atoms with E-state index in [4.69, 9.17) is 0 Å². The quantitative estimate of drug-likeness (QED) is 0.891. The summed E-state index contributed by atoms with van der Waals surface area (Å²) in [5.41, 5.74) is 2.17. The van der Waals surface area contributed by atoms with Gasteiger partial charge in [-0.25, -0.2) is 4.39 Å². The van der Waals surface area contributed by atoms with Gasteiger partial charge in [0, 0.05) is 29.9 Å². The van der Waals surface area contributed by atoms with Crippen LogP contribution in [0.3, 0.4) is 0 Å². The first-order valence-corrected chi connectivity index (χ1v) is 6.80. The third-order valence-corrected chi connectivity index (χ3v) is 3.50. The van der Waals surface area contributed by atoms with Gasteiger partial charge in [0.15, 0.2) is 0 Å². The van der Waals surface area contributed by atoms with Gasteiger partial charge in [0.1, 0.15) is 6.17 Å². The Bertz CT molecular complexity index is 398. The number of alkyl halides is 1. The Morgan fingerprint density at radius 2 is 2.28 bits per heavy atom. The molecule has 2 atom stereocenters. The number of halogens is 1. The molecule has 0 saturated heterocycles. The maximum atomic E-state index is 14.4. The van der Waals surface area contributed by atoms with Crippen molar-refractivity contribution in [1.82, 2.24) is 10.3 Å². The summed E-state index contributed by atoms with van der Waals surface area (Å²) in [4.78, 5) is 4.40. The molecule has 0 aliphatic heterocycles. The molecule has 0 fully saturated rings. The lowest BCUT2D eigenvalue weighted by atomic mass is 9.83. The summed E-state index contributed by atoms with van der Waals surface area (Å²) in [6.07, 6.45) is 3.95. The van der Waals surface area contributed by atoms with Crippen molar-refractivity contribution in [1.29, 1.82) is 0 Å². The minimum atomic E-state index is -0.849. The second-order valence-corrected chi connectivity index (χ2v) is 6.19. The number of aryl methyl sites for hydroxylation is 1. The van der Waals surface area contributed by atoms with Gasteiger partial charge in [-0.3, -0.25) is 4.98 Å². The van der Waals surface area contributed by atoms with E-state index in [2.05, 4.69) is 37.1 Å². The highest BCUT2D eigenvalue weighted by atomic mass is 19.1. The average molecular weight is 250 g/mol. The van der Waals surface area contributed by atoms with Crippen LogP contribution in [0.25, 0.3) is 0 Å². The van der Waals surface area contributed by atoms with Crippen LogP contribution in [0.5, 0.6) is 0 Å². The molecule has 0 saturated carbocycles. The molecule has 1 aliphatic rings. The van der Waals surface area contributed by atoms with E-state index in [9.17, 15) is 4.39 Å². The predicted octanol–water partition coefficient (Wildman–Crippen LogP) is 3.23. The smallest absolute Gasteiger partial charge is 0.121 e. The fraction of sp³-hybridized carbons (Fsp3) is 0.667. The van der Waals surface area contributed by atoms with Gasteiger partial charge in [-0.05, 0) is 51.7 Å². The van der Waals surface area contributed by atoms with E-state index in [0.717, 1.165) is 25.0 Å². The topological polar surface area (TPSA) is 24.9 Å². The molecule has 2 nitrogen and oxygen atoms in total. The maximum Gasteiger partial charge on any atom is 0.121 e. The van der Waals surface area contributed by atoms with E-state index >= 15 is 0 Å². The van der Waals surface area contributed by atoms with Gasteiger partial charge in [-0.2, -0.15) is 0 Å². The third-order valence-electron chi connectivity index (χ3n) is 3.50. The summed E-state index contributed by atoms with van der Waals surface area (Å²) < 4.78 is 14.4. The highest BCUT2D eigenvalue weighted by Gasteiger charge is 2.29. The van der Waals surface area contributed by atoms with Crippen molar-refractivity contribution in [3.05, 3.63) is 29.6 Å². The van der Waals surface area contributed by atoms with Gasteiger partial charge >= 0.3 is 0 Å². The maximum absolute atomic E-state index is 14.4. The highest BCUT2D eigenvalue weighted by Crippen LogP contribution is 2.33. The number of nitrogens with zero attached hydrogens (tertiary/aromatic N) is 1. The molecule has 1 N–H and O–H groups in total. The van der Waals surface area contributed by atoms with E-state index in [1.165, 1.54) is 5.56 Å². The second kappa shape index (κ2) is 5.35. The predicted molar refractivity (Wildman–Crippen MR) is 72.6 cm³/mol. The number of nitrogens with one attached hydrogen (secondary N) is 1. The molecule has 0 spiro atoms. The van der Waals surface area contributed by atoms with Crippen molar-refractivity contribution in [2.24, 2.45) is 0 Å². The standard InChI is InChI=1S/C15H23FN2/c1-15(2,3)18-10-13(16)12-8-4-6-11-7-5-9-17-14(11)12/h5,7,9,12-13,18H,4,6,8,10H2,1-3H3. The fourth-order valence-corrected chi connectivity index (χ4v) is 2.54.